The van der Waals surface area contributed by atoms with E-state index in [4.69, 9.17) is 9.15 Å². The molecule has 76 valence electrons. The van der Waals surface area contributed by atoms with Crippen LogP contribution >= 0.6 is 0 Å². The Morgan fingerprint density at radius 3 is 2.86 bits per heavy atom. The average Bonchev–Trinajstić information content (AvgIpc) is 2.23. The van der Waals surface area contributed by atoms with Crippen molar-refractivity contribution >= 4 is 0 Å². The highest BCUT2D eigenvalue weighted by Crippen LogP contribution is 2.18. The first kappa shape index (κ1) is 9.46. The summed E-state index contributed by atoms with van der Waals surface area (Å²) in [5, 5.41) is 0. The molecule has 0 bridgehead atoms. The van der Waals surface area contributed by atoms with E-state index in [1.807, 2.05) is 6.07 Å². The van der Waals surface area contributed by atoms with Gasteiger partial charge in [0.2, 0.25) is 0 Å². The van der Waals surface area contributed by atoms with Gasteiger partial charge in [-0.3, -0.25) is 0 Å². The molecule has 1 aliphatic rings. The van der Waals surface area contributed by atoms with Gasteiger partial charge in [0.1, 0.15) is 0 Å². The minimum Gasteiger partial charge on any atom is -0.431 e. The molecule has 1 fully saturated rings. The molecule has 0 saturated carbocycles. The van der Waals surface area contributed by atoms with E-state index in [2.05, 4.69) is 0 Å². The average molecular weight is 194 g/mol. The Morgan fingerprint density at radius 1 is 1.36 bits per heavy atom. The molecule has 0 aromatic carbocycles. The van der Waals surface area contributed by atoms with Crippen LogP contribution in [0.1, 0.15) is 18.4 Å². The highest BCUT2D eigenvalue weighted by molar-refractivity contribution is 5.07. The SMILES string of the molecule is O=c1occcc1CC1CCOCC1. The van der Waals surface area contributed by atoms with Gasteiger partial charge in [-0.1, -0.05) is 0 Å². The Morgan fingerprint density at radius 2 is 2.14 bits per heavy atom. The van der Waals surface area contributed by atoms with Crippen molar-refractivity contribution < 1.29 is 9.15 Å². The van der Waals surface area contributed by atoms with Crippen molar-refractivity contribution in [3.8, 4) is 0 Å². The fourth-order valence-corrected chi connectivity index (χ4v) is 1.81. The molecule has 1 aliphatic heterocycles. The van der Waals surface area contributed by atoms with Gasteiger partial charge in [-0.2, -0.15) is 0 Å². The lowest BCUT2D eigenvalue weighted by atomic mass is 9.93. The van der Waals surface area contributed by atoms with Crippen LogP contribution in [-0.2, 0) is 11.2 Å². The van der Waals surface area contributed by atoms with E-state index in [0.717, 1.165) is 38.0 Å². The summed E-state index contributed by atoms with van der Waals surface area (Å²) in [5.74, 6) is 0.578. The van der Waals surface area contributed by atoms with Crippen LogP contribution in [-0.4, -0.2) is 13.2 Å². The minimum atomic E-state index is -0.195. The zero-order chi connectivity index (χ0) is 9.80. The molecule has 0 aliphatic carbocycles. The van der Waals surface area contributed by atoms with E-state index in [-0.39, 0.29) is 5.63 Å². The van der Waals surface area contributed by atoms with Gasteiger partial charge in [0.15, 0.2) is 0 Å². The Bertz CT molecular complexity index is 336. The number of hydrogen-bond donors (Lipinski definition) is 0. The topological polar surface area (TPSA) is 39.4 Å². The van der Waals surface area contributed by atoms with Gasteiger partial charge in [0, 0.05) is 18.8 Å². The van der Waals surface area contributed by atoms with E-state index in [1.54, 1.807) is 6.07 Å². The molecule has 2 rings (SSSR count). The molecule has 1 saturated heterocycles. The van der Waals surface area contributed by atoms with Crippen LogP contribution in [0.5, 0.6) is 0 Å². The molecule has 0 atom stereocenters. The molecule has 0 amide bonds. The standard InChI is InChI=1S/C11H14O3/c12-11-10(2-1-5-14-11)8-9-3-6-13-7-4-9/h1-2,5,9H,3-4,6-8H2. The number of rotatable bonds is 2. The van der Waals surface area contributed by atoms with Crippen LogP contribution in [0.4, 0.5) is 0 Å². The second-order valence-corrected chi connectivity index (χ2v) is 3.69. The Labute approximate surface area is 82.7 Å². The molecule has 14 heavy (non-hydrogen) atoms. The molecule has 0 unspecified atom stereocenters. The summed E-state index contributed by atoms with van der Waals surface area (Å²) in [6.07, 6.45) is 4.35. The fourth-order valence-electron chi connectivity index (χ4n) is 1.81. The molecular weight excluding hydrogens is 180 g/mol. The Kier molecular flexibility index (Phi) is 2.99. The summed E-state index contributed by atoms with van der Waals surface area (Å²) >= 11 is 0. The molecule has 1 aromatic heterocycles. The van der Waals surface area contributed by atoms with Crippen molar-refractivity contribution in [2.75, 3.05) is 13.2 Å². The lowest BCUT2D eigenvalue weighted by Crippen LogP contribution is -2.20. The minimum absolute atomic E-state index is 0.195. The molecule has 0 spiro atoms. The zero-order valence-electron chi connectivity index (χ0n) is 8.07. The lowest BCUT2D eigenvalue weighted by molar-refractivity contribution is 0.0663. The van der Waals surface area contributed by atoms with E-state index in [1.165, 1.54) is 6.26 Å². The molecule has 0 N–H and O–H groups in total. The summed E-state index contributed by atoms with van der Waals surface area (Å²) in [6.45, 7) is 1.64. The Hall–Kier alpha value is -1.09. The van der Waals surface area contributed by atoms with Gasteiger partial charge in [-0.15, -0.1) is 0 Å². The van der Waals surface area contributed by atoms with E-state index < -0.39 is 0 Å². The first-order valence-corrected chi connectivity index (χ1v) is 5.00. The lowest BCUT2D eigenvalue weighted by Gasteiger charge is -2.21. The number of ether oxygens (including phenoxy) is 1. The van der Waals surface area contributed by atoms with Gasteiger partial charge in [-0.05, 0) is 37.3 Å². The third kappa shape index (κ3) is 2.23. The van der Waals surface area contributed by atoms with Gasteiger partial charge in [-0.25, -0.2) is 4.79 Å². The molecule has 2 heterocycles. The molecular formula is C11H14O3. The van der Waals surface area contributed by atoms with Crippen LogP contribution < -0.4 is 5.63 Å². The molecule has 3 heteroatoms. The van der Waals surface area contributed by atoms with Gasteiger partial charge in [0.05, 0.1) is 6.26 Å². The number of hydrogen-bond acceptors (Lipinski definition) is 3. The van der Waals surface area contributed by atoms with Crippen molar-refractivity contribution in [1.82, 2.24) is 0 Å². The van der Waals surface area contributed by atoms with Gasteiger partial charge in [0.25, 0.3) is 0 Å². The first-order chi connectivity index (χ1) is 6.86. The van der Waals surface area contributed by atoms with Crippen molar-refractivity contribution in [3.05, 3.63) is 34.4 Å². The predicted molar refractivity (Wildman–Crippen MR) is 52.2 cm³/mol. The van der Waals surface area contributed by atoms with E-state index in [0.29, 0.717) is 5.92 Å². The van der Waals surface area contributed by atoms with Crippen LogP contribution in [0.2, 0.25) is 0 Å². The predicted octanol–water partition coefficient (Wildman–Crippen LogP) is 1.61. The second-order valence-electron chi connectivity index (χ2n) is 3.69. The van der Waals surface area contributed by atoms with Crippen LogP contribution in [0.25, 0.3) is 0 Å². The maximum atomic E-state index is 11.3. The molecule has 0 radical (unpaired) electrons. The highest BCUT2D eigenvalue weighted by atomic mass is 16.5. The third-order valence-electron chi connectivity index (χ3n) is 2.66. The van der Waals surface area contributed by atoms with Crippen molar-refractivity contribution in [2.24, 2.45) is 5.92 Å². The maximum Gasteiger partial charge on any atom is 0.338 e. The summed E-state index contributed by atoms with van der Waals surface area (Å²) in [6, 6.07) is 3.62. The monoisotopic (exact) mass is 194 g/mol. The summed E-state index contributed by atoms with van der Waals surface area (Å²) in [4.78, 5) is 11.3. The van der Waals surface area contributed by atoms with Crippen molar-refractivity contribution in [2.45, 2.75) is 19.3 Å². The van der Waals surface area contributed by atoms with E-state index >= 15 is 0 Å². The van der Waals surface area contributed by atoms with Crippen molar-refractivity contribution in [3.63, 3.8) is 0 Å². The summed E-state index contributed by atoms with van der Waals surface area (Å²) < 4.78 is 10.1. The molecule has 1 aromatic rings. The van der Waals surface area contributed by atoms with E-state index in [9.17, 15) is 4.79 Å². The normalized spacial score (nSPS) is 18.3. The summed E-state index contributed by atoms with van der Waals surface area (Å²) in [7, 11) is 0. The first-order valence-electron chi connectivity index (χ1n) is 5.00. The van der Waals surface area contributed by atoms with Gasteiger partial charge >= 0.3 is 5.63 Å². The third-order valence-corrected chi connectivity index (χ3v) is 2.66. The van der Waals surface area contributed by atoms with Crippen LogP contribution in [0.15, 0.2) is 27.6 Å². The fraction of sp³-hybridized carbons (Fsp3) is 0.545. The molecule has 3 nitrogen and oxygen atoms in total. The highest BCUT2D eigenvalue weighted by Gasteiger charge is 2.15. The smallest absolute Gasteiger partial charge is 0.338 e. The van der Waals surface area contributed by atoms with Crippen LogP contribution in [0.3, 0.4) is 0 Å². The maximum absolute atomic E-state index is 11.3. The van der Waals surface area contributed by atoms with Crippen LogP contribution in [0, 0.1) is 5.92 Å². The van der Waals surface area contributed by atoms with Crippen molar-refractivity contribution in [1.29, 1.82) is 0 Å². The zero-order valence-corrected chi connectivity index (χ0v) is 8.07. The second kappa shape index (κ2) is 4.42. The Balaban J connectivity index is 2.03. The summed E-state index contributed by atoms with van der Waals surface area (Å²) in [5.41, 5.74) is 0.596. The largest absolute Gasteiger partial charge is 0.431 e. The quantitative estimate of drug-likeness (QED) is 0.718. The van der Waals surface area contributed by atoms with Gasteiger partial charge < -0.3 is 9.15 Å².